The van der Waals surface area contributed by atoms with Gasteiger partial charge in [-0.2, -0.15) is 0 Å². The predicted octanol–water partition coefficient (Wildman–Crippen LogP) is 2.88. The first-order valence-electron chi connectivity index (χ1n) is 5.87. The summed E-state index contributed by atoms with van der Waals surface area (Å²) in [5.74, 6) is -2.61. The van der Waals surface area contributed by atoms with Gasteiger partial charge >= 0.3 is 0 Å². The van der Waals surface area contributed by atoms with Gasteiger partial charge in [0.1, 0.15) is 0 Å². The van der Waals surface area contributed by atoms with Crippen LogP contribution >= 0.6 is 0 Å². The number of nitrogens with one attached hydrogen (secondary N) is 1. The highest BCUT2D eigenvalue weighted by Crippen LogP contribution is 2.49. The number of benzene rings is 1. The first kappa shape index (κ1) is 10.2. The van der Waals surface area contributed by atoms with Gasteiger partial charge in [-0.3, -0.25) is 0 Å². The molecular formula is C13H15F2N. The Morgan fingerprint density at radius 3 is 2.50 bits per heavy atom. The van der Waals surface area contributed by atoms with Gasteiger partial charge in [0, 0.05) is 30.5 Å². The molecule has 2 aliphatic rings. The van der Waals surface area contributed by atoms with Gasteiger partial charge in [-0.25, -0.2) is 8.78 Å². The number of rotatable bonds is 3. The molecule has 1 aliphatic carbocycles. The summed E-state index contributed by atoms with van der Waals surface area (Å²) >= 11 is 0. The van der Waals surface area contributed by atoms with Crippen LogP contribution in [-0.2, 0) is 5.92 Å². The Morgan fingerprint density at radius 1 is 1.19 bits per heavy atom. The fourth-order valence-electron chi connectivity index (χ4n) is 2.21. The third-order valence-electron chi connectivity index (χ3n) is 3.61. The zero-order valence-corrected chi connectivity index (χ0v) is 9.05. The van der Waals surface area contributed by atoms with Crippen molar-refractivity contribution in [2.45, 2.75) is 24.7 Å². The molecule has 1 N–H and O–H groups in total. The van der Waals surface area contributed by atoms with Crippen LogP contribution in [0, 0.1) is 5.92 Å². The Hall–Kier alpha value is -0.960. The maximum atomic E-state index is 13.9. The van der Waals surface area contributed by atoms with Crippen molar-refractivity contribution in [3.63, 3.8) is 0 Å². The SMILES string of the molecule is FC(F)(c1cccc(C2CNC2)c1)C1CC1. The Bertz CT molecular complexity index is 395. The number of alkyl halides is 2. The van der Waals surface area contributed by atoms with Gasteiger partial charge in [0.25, 0.3) is 5.92 Å². The molecule has 1 nitrogen and oxygen atoms in total. The van der Waals surface area contributed by atoms with Crippen LogP contribution in [0.2, 0.25) is 0 Å². The van der Waals surface area contributed by atoms with Gasteiger partial charge in [0.2, 0.25) is 0 Å². The first-order chi connectivity index (χ1) is 7.68. The average molecular weight is 223 g/mol. The highest BCUT2D eigenvalue weighted by molar-refractivity contribution is 5.32. The van der Waals surface area contributed by atoms with Crippen molar-refractivity contribution in [3.05, 3.63) is 35.4 Å². The Kier molecular flexibility index (Phi) is 2.25. The Morgan fingerprint density at radius 2 is 1.94 bits per heavy atom. The molecule has 0 spiro atoms. The first-order valence-corrected chi connectivity index (χ1v) is 5.87. The van der Waals surface area contributed by atoms with Crippen molar-refractivity contribution < 1.29 is 8.78 Å². The van der Waals surface area contributed by atoms with Gasteiger partial charge in [-0.05, 0) is 24.5 Å². The molecule has 1 saturated carbocycles. The van der Waals surface area contributed by atoms with E-state index in [1.807, 2.05) is 6.07 Å². The predicted molar refractivity (Wildman–Crippen MR) is 58.7 cm³/mol. The standard InChI is InChI=1S/C13H15F2N/c14-13(15,11-4-5-11)12-3-1-2-9(6-12)10-7-16-8-10/h1-3,6,10-11,16H,4-5,7-8H2. The molecule has 0 amide bonds. The molecule has 1 saturated heterocycles. The lowest BCUT2D eigenvalue weighted by Crippen LogP contribution is -2.39. The molecular weight excluding hydrogens is 208 g/mol. The second-order valence-electron chi connectivity index (χ2n) is 4.88. The van der Waals surface area contributed by atoms with E-state index in [4.69, 9.17) is 0 Å². The molecule has 3 rings (SSSR count). The van der Waals surface area contributed by atoms with E-state index >= 15 is 0 Å². The molecule has 1 aromatic carbocycles. The summed E-state index contributed by atoms with van der Waals surface area (Å²) in [6.45, 7) is 1.83. The molecule has 2 fully saturated rings. The lowest BCUT2D eigenvalue weighted by Gasteiger charge is -2.28. The topological polar surface area (TPSA) is 12.0 Å². The summed E-state index contributed by atoms with van der Waals surface area (Å²) < 4.78 is 27.8. The van der Waals surface area contributed by atoms with Gasteiger partial charge in [0.05, 0.1) is 0 Å². The van der Waals surface area contributed by atoms with Crippen molar-refractivity contribution in [2.24, 2.45) is 5.92 Å². The molecule has 0 atom stereocenters. The molecule has 0 aromatic heterocycles. The van der Waals surface area contributed by atoms with Crippen LogP contribution < -0.4 is 5.32 Å². The summed E-state index contributed by atoms with van der Waals surface area (Å²) in [7, 11) is 0. The van der Waals surface area contributed by atoms with Crippen LogP contribution in [0.15, 0.2) is 24.3 Å². The zero-order chi connectivity index (χ0) is 11.2. The normalized spacial score (nSPS) is 21.9. The smallest absolute Gasteiger partial charge is 0.276 e. The quantitative estimate of drug-likeness (QED) is 0.830. The Labute approximate surface area is 93.9 Å². The van der Waals surface area contributed by atoms with Crippen molar-refractivity contribution in [2.75, 3.05) is 13.1 Å². The molecule has 0 radical (unpaired) electrons. The minimum Gasteiger partial charge on any atom is -0.315 e. The van der Waals surface area contributed by atoms with E-state index in [0.717, 1.165) is 18.7 Å². The molecule has 16 heavy (non-hydrogen) atoms. The lowest BCUT2D eigenvalue weighted by molar-refractivity contribution is -0.0286. The van der Waals surface area contributed by atoms with Gasteiger partial charge in [-0.15, -0.1) is 0 Å². The second kappa shape index (κ2) is 3.52. The highest BCUT2D eigenvalue weighted by Gasteiger charge is 2.48. The van der Waals surface area contributed by atoms with E-state index in [9.17, 15) is 8.78 Å². The maximum Gasteiger partial charge on any atom is 0.276 e. The van der Waals surface area contributed by atoms with Crippen LogP contribution in [0.5, 0.6) is 0 Å². The molecule has 1 aromatic rings. The van der Waals surface area contributed by atoms with Crippen molar-refractivity contribution >= 4 is 0 Å². The van der Waals surface area contributed by atoms with Crippen LogP contribution in [0.25, 0.3) is 0 Å². The summed E-state index contributed by atoms with van der Waals surface area (Å²) in [6, 6.07) is 6.98. The van der Waals surface area contributed by atoms with Gasteiger partial charge in [-0.1, -0.05) is 18.2 Å². The van der Waals surface area contributed by atoms with Gasteiger partial charge < -0.3 is 5.32 Å². The third-order valence-corrected chi connectivity index (χ3v) is 3.61. The molecule has 3 heteroatoms. The zero-order valence-electron chi connectivity index (χ0n) is 9.05. The minimum atomic E-state index is -2.62. The molecule has 1 aliphatic heterocycles. The summed E-state index contributed by atoms with van der Waals surface area (Å²) in [4.78, 5) is 0. The molecule has 86 valence electrons. The number of hydrogen-bond acceptors (Lipinski definition) is 1. The van der Waals surface area contributed by atoms with Crippen LogP contribution in [-0.4, -0.2) is 13.1 Å². The van der Waals surface area contributed by atoms with Crippen molar-refractivity contribution in [1.29, 1.82) is 0 Å². The van der Waals surface area contributed by atoms with Crippen LogP contribution in [0.3, 0.4) is 0 Å². The van der Waals surface area contributed by atoms with E-state index in [2.05, 4.69) is 5.32 Å². The maximum absolute atomic E-state index is 13.9. The minimum absolute atomic E-state index is 0.208. The van der Waals surface area contributed by atoms with E-state index in [-0.39, 0.29) is 5.56 Å². The summed E-state index contributed by atoms with van der Waals surface area (Å²) in [5, 5.41) is 3.17. The lowest BCUT2D eigenvalue weighted by atomic mass is 9.91. The number of hydrogen-bond donors (Lipinski definition) is 1. The van der Waals surface area contributed by atoms with E-state index in [1.54, 1.807) is 18.2 Å². The monoisotopic (exact) mass is 223 g/mol. The highest BCUT2D eigenvalue weighted by atomic mass is 19.3. The summed E-state index contributed by atoms with van der Waals surface area (Å²) in [5.41, 5.74) is 1.26. The second-order valence-corrected chi connectivity index (χ2v) is 4.88. The van der Waals surface area contributed by atoms with E-state index in [1.165, 1.54) is 0 Å². The molecule has 1 heterocycles. The van der Waals surface area contributed by atoms with Crippen molar-refractivity contribution in [1.82, 2.24) is 5.32 Å². The molecule has 0 bridgehead atoms. The molecule has 0 unspecified atom stereocenters. The fourth-order valence-corrected chi connectivity index (χ4v) is 2.21. The van der Waals surface area contributed by atoms with Crippen LogP contribution in [0.4, 0.5) is 8.78 Å². The van der Waals surface area contributed by atoms with E-state index in [0.29, 0.717) is 18.8 Å². The van der Waals surface area contributed by atoms with Crippen LogP contribution in [0.1, 0.15) is 29.9 Å². The third kappa shape index (κ3) is 1.63. The number of halogens is 2. The van der Waals surface area contributed by atoms with Crippen molar-refractivity contribution in [3.8, 4) is 0 Å². The van der Waals surface area contributed by atoms with Gasteiger partial charge in [0.15, 0.2) is 0 Å². The Balaban J connectivity index is 1.88. The fraction of sp³-hybridized carbons (Fsp3) is 0.538. The average Bonchev–Trinajstić information content (AvgIpc) is 2.98. The van der Waals surface area contributed by atoms with E-state index < -0.39 is 11.8 Å². The largest absolute Gasteiger partial charge is 0.315 e. The summed E-state index contributed by atoms with van der Waals surface area (Å²) in [6.07, 6.45) is 1.34.